The molecule has 0 unspecified atom stereocenters. The van der Waals surface area contributed by atoms with Gasteiger partial charge in [0, 0.05) is 18.0 Å². The molecule has 0 spiro atoms. The molecule has 0 saturated heterocycles. The van der Waals surface area contributed by atoms with Crippen molar-refractivity contribution < 1.29 is 14.3 Å². The molecule has 0 aliphatic carbocycles. The number of carbonyl (C=O) groups is 2. The number of fused-ring (bicyclic) bond motifs is 1. The van der Waals surface area contributed by atoms with Crippen LogP contribution in [0, 0.1) is 6.92 Å². The normalized spacial score (nSPS) is 10.8. The van der Waals surface area contributed by atoms with Gasteiger partial charge < -0.3 is 10.1 Å². The summed E-state index contributed by atoms with van der Waals surface area (Å²) in [5, 5.41) is 13.6. The number of amides is 2. The molecular formula is C22H20N6O4S2. The quantitative estimate of drug-likeness (QED) is 0.224. The summed E-state index contributed by atoms with van der Waals surface area (Å²) < 4.78 is 7.13. The van der Waals surface area contributed by atoms with E-state index in [4.69, 9.17) is 4.74 Å². The maximum atomic E-state index is 12.4. The summed E-state index contributed by atoms with van der Waals surface area (Å²) in [5.74, 6) is -0.0991. The number of benzene rings is 1. The fourth-order valence-corrected chi connectivity index (χ4v) is 4.66. The third-order valence-electron chi connectivity index (χ3n) is 4.50. The zero-order chi connectivity index (χ0) is 24.1. The third-order valence-corrected chi connectivity index (χ3v) is 6.51. The van der Waals surface area contributed by atoms with Crippen LogP contribution >= 0.6 is 23.1 Å². The lowest BCUT2D eigenvalue weighted by Gasteiger charge is -2.10. The van der Waals surface area contributed by atoms with Crippen LogP contribution in [-0.4, -0.2) is 38.2 Å². The lowest BCUT2D eigenvalue weighted by molar-refractivity contribution is 0.0527. The number of carbonyl (C=O) groups excluding carboxylic acids is 2. The van der Waals surface area contributed by atoms with E-state index in [2.05, 4.69) is 25.8 Å². The molecule has 12 heteroatoms. The van der Waals surface area contributed by atoms with Gasteiger partial charge in [-0.2, -0.15) is 0 Å². The number of hydrogen-bond donors (Lipinski definition) is 2. The van der Waals surface area contributed by atoms with Crippen LogP contribution in [0.25, 0.3) is 5.65 Å². The van der Waals surface area contributed by atoms with Gasteiger partial charge in [-0.05, 0) is 37.6 Å². The van der Waals surface area contributed by atoms with Crippen LogP contribution in [0.5, 0.6) is 0 Å². The van der Waals surface area contributed by atoms with Crippen molar-refractivity contribution in [3.63, 3.8) is 0 Å². The molecule has 34 heavy (non-hydrogen) atoms. The topological polar surface area (TPSA) is 128 Å². The van der Waals surface area contributed by atoms with Gasteiger partial charge in [0.05, 0.1) is 23.6 Å². The Morgan fingerprint density at radius 1 is 1.15 bits per heavy atom. The largest absolute Gasteiger partial charge is 0.462 e. The van der Waals surface area contributed by atoms with E-state index >= 15 is 0 Å². The predicted octanol–water partition coefficient (Wildman–Crippen LogP) is 3.97. The summed E-state index contributed by atoms with van der Waals surface area (Å²) in [6.07, 6.45) is 1.75. The molecule has 4 aromatic rings. The molecule has 10 nitrogen and oxygen atoms in total. The van der Waals surface area contributed by atoms with Crippen molar-refractivity contribution in [2.24, 2.45) is 0 Å². The second-order valence-corrected chi connectivity index (χ2v) is 9.23. The summed E-state index contributed by atoms with van der Waals surface area (Å²) >= 11 is 2.54. The standard InChI is InChI=1S/C22H20N6O4S2/c1-3-32-19(30)15-6-4-5-7-16(15)24-20(31)25-21-26-27-22(34-21)33-12-14-10-18(29)28-11-13(2)8-9-17(28)23-14/h4-11H,3,12H2,1-2H3,(H2,24,25,26,31). The first-order valence-electron chi connectivity index (χ1n) is 10.2. The van der Waals surface area contributed by atoms with Crippen molar-refractivity contribution in [2.45, 2.75) is 23.9 Å². The summed E-state index contributed by atoms with van der Waals surface area (Å²) in [5.41, 5.74) is 2.60. The molecule has 0 radical (unpaired) electrons. The number of aryl methyl sites for hydroxylation is 1. The van der Waals surface area contributed by atoms with Gasteiger partial charge in [-0.3, -0.25) is 14.5 Å². The number of esters is 1. The Kier molecular flexibility index (Phi) is 7.18. The fraction of sp³-hybridized carbons (Fsp3) is 0.182. The Labute approximate surface area is 202 Å². The van der Waals surface area contributed by atoms with E-state index in [0.717, 1.165) is 5.56 Å². The molecule has 174 valence electrons. The lowest BCUT2D eigenvalue weighted by Crippen LogP contribution is -2.21. The number of urea groups is 1. The number of thioether (sulfide) groups is 1. The van der Waals surface area contributed by atoms with E-state index in [0.29, 0.717) is 27.1 Å². The van der Waals surface area contributed by atoms with E-state index < -0.39 is 12.0 Å². The highest BCUT2D eigenvalue weighted by Gasteiger charge is 2.15. The minimum Gasteiger partial charge on any atom is -0.462 e. The van der Waals surface area contributed by atoms with Crippen molar-refractivity contribution in [3.8, 4) is 0 Å². The first-order valence-corrected chi connectivity index (χ1v) is 12.0. The van der Waals surface area contributed by atoms with Gasteiger partial charge in [0.15, 0.2) is 4.34 Å². The van der Waals surface area contributed by atoms with Crippen LogP contribution in [0.3, 0.4) is 0 Å². The van der Waals surface area contributed by atoms with Gasteiger partial charge in [0.2, 0.25) is 5.13 Å². The first-order chi connectivity index (χ1) is 16.4. The number of anilines is 2. The molecule has 3 heterocycles. The molecule has 0 bridgehead atoms. The van der Waals surface area contributed by atoms with E-state index in [1.807, 2.05) is 13.0 Å². The molecular weight excluding hydrogens is 476 g/mol. The number of pyridine rings is 1. The second kappa shape index (κ2) is 10.4. The van der Waals surface area contributed by atoms with E-state index in [1.54, 1.807) is 43.5 Å². The van der Waals surface area contributed by atoms with Crippen molar-refractivity contribution in [3.05, 3.63) is 75.8 Å². The Hall–Kier alpha value is -3.77. The van der Waals surface area contributed by atoms with Crippen LogP contribution in [0.15, 0.2) is 57.8 Å². The van der Waals surface area contributed by atoms with Crippen LogP contribution in [0.2, 0.25) is 0 Å². The maximum absolute atomic E-state index is 12.4. The lowest BCUT2D eigenvalue weighted by atomic mass is 10.2. The summed E-state index contributed by atoms with van der Waals surface area (Å²) in [6.45, 7) is 3.85. The van der Waals surface area contributed by atoms with Crippen LogP contribution < -0.4 is 16.2 Å². The molecule has 1 aromatic carbocycles. The highest BCUT2D eigenvalue weighted by Crippen LogP contribution is 2.28. The minimum atomic E-state index is -0.566. The van der Waals surface area contributed by atoms with Gasteiger partial charge in [-0.15, -0.1) is 10.2 Å². The van der Waals surface area contributed by atoms with E-state index in [1.165, 1.54) is 33.6 Å². The van der Waals surface area contributed by atoms with E-state index in [-0.39, 0.29) is 22.9 Å². The average Bonchev–Trinajstić information content (AvgIpc) is 3.25. The highest BCUT2D eigenvalue weighted by molar-refractivity contribution is 8.00. The molecule has 0 aliphatic heterocycles. The van der Waals surface area contributed by atoms with Crippen molar-refractivity contribution in [1.29, 1.82) is 0 Å². The summed E-state index contributed by atoms with van der Waals surface area (Å²) in [6, 6.07) is 11.2. The molecule has 2 N–H and O–H groups in total. The number of nitrogens with zero attached hydrogens (tertiary/aromatic N) is 4. The third kappa shape index (κ3) is 5.58. The number of para-hydroxylation sites is 1. The first kappa shape index (κ1) is 23.4. The maximum Gasteiger partial charge on any atom is 0.340 e. The monoisotopic (exact) mass is 496 g/mol. The number of nitrogens with one attached hydrogen (secondary N) is 2. The molecule has 0 saturated carbocycles. The minimum absolute atomic E-state index is 0.149. The Morgan fingerprint density at radius 2 is 1.97 bits per heavy atom. The fourth-order valence-electron chi connectivity index (χ4n) is 3.02. The van der Waals surface area contributed by atoms with Crippen molar-refractivity contribution in [2.75, 3.05) is 17.2 Å². The van der Waals surface area contributed by atoms with Gasteiger partial charge in [0.25, 0.3) is 5.56 Å². The smallest absolute Gasteiger partial charge is 0.340 e. The van der Waals surface area contributed by atoms with Crippen molar-refractivity contribution >= 4 is 51.6 Å². The Balaban J connectivity index is 1.38. The summed E-state index contributed by atoms with van der Waals surface area (Å²) in [4.78, 5) is 41.3. The van der Waals surface area contributed by atoms with Gasteiger partial charge in [-0.1, -0.05) is 41.3 Å². The van der Waals surface area contributed by atoms with Gasteiger partial charge in [-0.25, -0.2) is 14.6 Å². The molecule has 3 aromatic heterocycles. The molecule has 0 fully saturated rings. The number of aromatic nitrogens is 4. The summed E-state index contributed by atoms with van der Waals surface area (Å²) in [7, 11) is 0. The molecule has 2 amide bonds. The van der Waals surface area contributed by atoms with Gasteiger partial charge >= 0.3 is 12.0 Å². The zero-order valence-electron chi connectivity index (χ0n) is 18.3. The van der Waals surface area contributed by atoms with E-state index in [9.17, 15) is 14.4 Å². The number of ether oxygens (including phenoxy) is 1. The molecule has 0 aliphatic rings. The Bertz CT molecular complexity index is 1420. The average molecular weight is 497 g/mol. The van der Waals surface area contributed by atoms with Gasteiger partial charge in [0.1, 0.15) is 5.65 Å². The zero-order valence-corrected chi connectivity index (χ0v) is 19.9. The number of rotatable bonds is 7. The van der Waals surface area contributed by atoms with Crippen LogP contribution in [0.4, 0.5) is 15.6 Å². The highest BCUT2D eigenvalue weighted by atomic mass is 32.2. The van der Waals surface area contributed by atoms with Crippen molar-refractivity contribution in [1.82, 2.24) is 19.6 Å². The second-order valence-electron chi connectivity index (χ2n) is 7.03. The predicted molar refractivity (Wildman–Crippen MR) is 131 cm³/mol. The number of hydrogen-bond acceptors (Lipinski definition) is 9. The Morgan fingerprint density at radius 3 is 2.79 bits per heavy atom. The van der Waals surface area contributed by atoms with Crippen LogP contribution in [0.1, 0.15) is 28.5 Å². The molecule has 0 atom stereocenters. The SMILES string of the molecule is CCOC(=O)c1ccccc1NC(=O)Nc1nnc(SCc2cc(=O)n3cc(C)ccc3n2)s1. The molecule has 4 rings (SSSR count). The van der Waals surface area contributed by atoms with Crippen LogP contribution in [-0.2, 0) is 10.5 Å².